The summed E-state index contributed by atoms with van der Waals surface area (Å²) in [7, 11) is -2.43. The first-order valence-corrected chi connectivity index (χ1v) is 13.3. The Morgan fingerprint density at radius 3 is 2.58 bits per heavy atom. The maximum atomic E-state index is 13.4. The number of rotatable bonds is 9. The summed E-state index contributed by atoms with van der Waals surface area (Å²) in [5, 5.41) is 7.91. The number of aromatic nitrogens is 6. The van der Waals surface area contributed by atoms with E-state index in [4.69, 9.17) is 25.8 Å². The van der Waals surface area contributed by atoms with Gasteiger partial charge in [-0.1, -0.05) is 24.6 Å². The van der Waals surface area contributed by atoms with Gasteiger partial charge >= 0.3 is 0 Å². The van der Waals surface area contributed by atoms with Crippen LogP contribution in [0.15, 0.2) is 30.6 Å². The Bertz CT molecular complexity index is 1280. The minimum Gasteiger partial charge on any atom is -0.481 e. The van der Waals surface area contributed by atoms with E-state index in [0.717, 1.165) is 0 Å². The standard InChI is InChI=1S/C22H28ClN7O5S/c1-13(20-24-10-16(23)11-25-20)15(3)36(31,32)29-22-28-27-21(17-6-5-7-19(26-17)33-4)30(22)14(2)18-12-34-8-9-35-18/h5-7,10-11,13-15,18H,8-9,12H2,1-4H3,(H,28,29)/t13?,14-,15?,18-/m1/s1. The molecule has 0 amide bonds. The highest BCUT2D eigenvalue weighted by Crippen LogP contribution is 2.30. The smallest absolute Gasteiger partial charge is 0.238 e. The Labute approximate surface area is 214 Å². The summed E-state index contributed by atoms with van der Waals surface area (Å²) >= 11 is 5.87. The third-order valence-electron chi connectivity index (χ3n) is 6.12. The average molecular weight is 538 g/mol. The predicted octanol–water partition coefficient (Wildman–Crippen LogP) is 2.70. The van der Waals surface area contributed by atoms with E-state index < -0.39 is 21.2 Å². The van der Waals surface area contributed by atoms with Gasteiger partial charge in [-0.05, 0) is 19.9 Å². The number of nitrogens with zero attached hydrogens (tertiary/aromatic N) is 6. The molecule has 36 heavy (non-hydrogen) atoms. The van der Waals surface area contributed by atoms with Crippen molar-refractivity contribution in [3.63, 3.8) is 0 Å². The van der Waals surface area contributed by atoms with Crippen molar-refractivity contribution in [3.05, 3.63) is 41.4 Å². The second-order valence-corrected chi connectivity index (χ2v) is 10.9. The van der Waals surface area contributed by atoms with Crippen LogP contribution in [0.3, 0.4) is 0 Å². The van der Waals surface area contributed by atoms with E-state index in [1.165, 1.54) is 19.5 Å². The molecule has 1 fully saturated rings. The van der Waals surface area contributed by atoms with Crippen molar-refractivity contribution < 1.29 is 22.6 Å². The molecule has 4 atom stereocenters. The SMILES string of the molecule is COc1cccc(-c2nnc(NS(=O)(=O)C(C)C(C)c3ncc(Cl)cn3)n2[C@H](C)[C@H]2COCCO2)n1. The molecule has 3 aromatic heterocycles. The Balaban J connectivity index is 1.69. The van der Waals surface area contributed by atoms with Crippen LogP contribution in [0.1, 0.15) is 38.6 Å². The number of sulfonamides is 1. The largest absolute Gasteiger partial charge is 0.481 e. The van der Waals surface area contributed by atoms with E-state index in [2.05, 4.69) is 29.9 Å². The normalized spacial score (nSPS) is 18.9. The fourth-order valence-corrected chi connectivity index (χ4v) is 5.12. The Kier molecular flexibility index (Phi) is 8.03. The van der Waals surface area contributed by atoms with E-state index in [1.54, 1.807) is 36.6 Å². The zero-order valence-corrected chi connectivity index (χ0v) is 21.9. The lowest BCUT2D eigenvalue weighted by molar-refractivity contribution is -0.104. The summed E-state index contributed by atoms with van der Waals surface area (Å²) in [6, 6.07) is 4.84. The zero-order valence-electron chi connectivity index (χ0n) is 20.3. The van der Waals surface area contributed by atoms with Crippen LogP contribution in [0, 0.1) is 0 Å². The van der Waals surface area contributed by atoms with Crippen molar-refractivity contribution in [2.75, 3.05) is 31.7 Å². The Morgan fingerprint density at radius 1 is 1.17 bits per heavy atom. The average Bonchev–Trinajstić information content (AvgIpc) is 3.31. The van der Waals surface area contributed by atoms with Crippen LogP contribution >= 0.6 is 11.6 Å². The quantitative estimate of drug-likeness (QED) is 0.432. The molecule has 12 nitrogen and oxygen atoms in total. The number of halogens is 1. The van der Waals surface area contributed by atoms with Crippen molar-refractivity contribution >= 4 is 27.6 Å². The highest BCUT2D eigenvalue weighted by molar-refractivity contribution is 7.93. The third-order valence-corrected chi connectivity index (χ3v) is 8.17. The first kappa shape index (κ1) is 26.2. The van der Waals surface area contributed by atoms with Crippen LogP contribution in [0.5, 0.6) is 5.88 Å². The van der Waals surface area contributed by atoms with Crippen LogP contribution in [-0.4, -0.2) is 76.4 Å². The molecule has 14 heteroatoms. The van der Waals surface area contributed by atoms with Crippen molar-refractivity contribution in [1.29, 1.82) is 0 Å². The highest BCUT2D eigenvalue weighted by atomic mass is 35.5. The minimum absolute atomic E-state index is 0.0346. The zero-order chi connectivity index (χ0) is 25.9. The fourth-order valence-electron chi connectivity index (χ4n) is 3.78. The monoisotopic (exact) mass is 537 g/mol. The van der Waals surface area contributed by atoms with E-state index in [-0.39, 0.29) is 18.1 Å². The number of pyridine rings is 1. The molecule has 3 aromatic rings. The first-order chi connectivity index (χ1) is 17.2. The maximum Gasteiger partial charge on any atom is 0.238 e. The van der Waals surface area contributed by atoms with Gasteiger partial charge in [0.25, 0.3) is 0 Å². The first-order valence-electron chi connectivity index (χ1n) is 11.4. The molecule has 194 valence electrons. The molecule has 1 aliphatic rings. The van der Waals surface area contributed by atoms with Crippen LogP contribution in [-0.2, 0) is 19.5 Å². The van der Waals surface area contributed by atoms with Gasteiger partial charge in [0.15, 0.2) is 5.82 Å². The Hall–Kier alpha value is -2.87. The summed E-state index contributed by atoms with van der Waals surface area (Å²) in [4.78, 5) is 12.8. The molecule has 4 heterocycles. The van der Waals surface area contributed by atoms with Crippen molar-refractivity contribution in [2.45, 2.75) is 44.1 Å². The van der Waals surface area contributed by atoms with Gasteiger partial charge in [0.05, 0.1) is 43.2 Å². The molecule has 0 radical (unpaired) electrons. The van der Waals surface area contributed by atoms with E-state index in [0.29, 0.717) is 48.1 Å². The van der Waals surface area contributed by atoms with Crippen molar-refractivity contribution in [3.8, 4) is 17.4 Å². The highest BCUT2D eigenvalue weighted by Gasteiger charge is 2.34. The molecule has 1 N–H and O–H groups in total. The van der Waals surface area contributed by atoms with E-state index >= 15 is 0 Å². The molecule has 0 spiro atoms. The lowest BCUT2D eigenvalue weighted by Crippen LogP contribution is -2.37. The Morgan fingerprint density at radius 2 is 1.92 bits per heavy atom. The summed E-state index contributed by atoms with van der Waals surface area (Å²) in [6.45, 7) is 6.48. The second kappa shape index (κ2) is 11.0. The van der Waals surface area contributed by atoms with Gasteiger partial charge < -0.3 is 14.2 Å². The van der Waals surface area contributed by atoms with Gasteiger partial charge in [-0.15, -0.1) is 10.2 Å². The number of hydrogen-bond acceptors (Lipinski definition) is 10. The predicted molar refractivity (Wildman–Crippen MR) is 133 cm³/mol. The lowest BCUT2D eigenvalue weighted by Gasteiger charge is -2.30. The molecule has 1 saturated heterocycles. The number of hydrogen-bond donors (Lipinski definition) is 1. The summed E-state index contributed by atoms with van der Waals surface area (Å²) in [5.41, 5.74) is 0.465. The van der Waals surface area contributed by atoms with E-state index in [9.17, 15) is 8.42 Å². The van der Waals surface area contributed by atoms with Crippen molar-refractivity contribution in [1.82, 2.24) is 29.7 Å². The van der Waals surface area contributed by atoms with Crippen LogP contribution in [0.2, 0.25) is 5.02 Å². The molecule has 2 unspecified atom stereocenters. The lowest BCUT2D eigenvalue weighted by atomic mass is 10.1. The molecule has 1 aliphatic heterocycles. The van der Waals surface area contributed by atoms with Gasteiger partial charge in [0.2, 0.25) is 21.9 Å². The van der Waals surface area contributed by atoms with Gasteiger partial charge in [0, 0.05) is 24.4 Å². The second-order valence-electron chi connectivity index (χ2n) is 8.41. The minimum atomic E-state index is -3.94. The molecular formula is C22H28ClN7O5S. The molecule has 0 saturated carbocycles. The molecule has 0 bridgehead atoms. The van der Waals surface area contributed by atoms with Gasteiger partial charge in [0.1, 0.15) is 17.6 Å². The molecular weight excluding hydrogens is 510 g/mol. The number of ether oxygens (including phenoxy) is 3. The van der Waals surface area contributed by atoms with Gasteiger partial charge in [-0.2, -0.15) is 0 Å². The summed E-state index contributed by atoms with van der Waals surface area (Å²) in [6.07, 6.45) is 2.53. The number of anilines is 1. The van der Waals surface area contributed by atoms with E-state index in [1.807, 2.05) is 6.92 Å². The molecule has 0 aromatic carbocycles. The summed E-state index contributed by atoms with van der Waals surface area (Å²) in [5.74, 6) is 0.617. The van der Waals surface area contributed by atoms with Gasteiger partial charge in [-0.3, -0.25) is 9.29 Å². The van der Waals surface area contributed by atoms with Crippen LogP contribution < -0.4 is 9.46 Å². The van der Waals surface area contributed by atoms with Crippen molar-refractivity contribution in [2.24, 2.45) is 0 Å². The maximum absolute atomic E-state index is 13.4. The third kappa shape index (κ3) is 5.59. The number of nitrogens with one attached hydrogen (secondary N) is 1. The molecule has 0 aliphatic carbocycles. The number of methoxy groups -OCH3 is 1. The topological polar surface area (TPSA) is 143 Å². The van der Waals surface area contributed by atoms with Gasteiger partial charge in [-0.25, -0.2) is 23.4 Å². The fraction of sp³-hybridized carbons (Fsp3) is 0.500. The molecule has 4 rings (SSSR count). The van der Waals surface area contributed by atoms with Crippen LogP contribution in [0.25, 0.3) is 11.5 Å². The van der Waals surface area contributed by atoms with Crippen LogP contribution in [0.4, 0.5) is 5.95 Å². The summed E-state index contributed by atoms with van der Waals surface area (Å²) < 4.78 is 47.8.